The van der Waals surface area contributed by atoms with Crippen LogP contribution in [0.2, 0.25) is 0 Å². The van der Waals surface area contributed by atoms with Gasteiger partial charge in [0.1, 0.15) is 5.75 Å². The number of ether oxygens (including phenoxy) is 1. The van der Waals surface area contributed by atoms with E-state index in [2.05, 4.69) is 24.0 Å². The summed E-state index contributed by atoms with van der Waals surface area (Å²) < 4.78 is 5.47. The summed E-state index contributed by atoms with van der Waals surface area (Å²) in [5.74, 6) is 0.903. The summed E-state index contributed by atoms with van der Waals surface area (Å²) in [4.78, 5) is 2.48. The molecule has 1 unspecified atom stereocenters. The normalized spacial score (nSPS) is 21.8. The molecule has 0 aromatic heterocycles. The van der Waals surface area contributed by atoms with Crippen molar-refractivity contribution >= 4 is 5.69 Å². The van der Waals surface area contributed by atoms with E-state index in [1.54, 1.807) is 7.11 Å². The molecule has 18 heavy (non-hydrogen) atoms. The maximum Gasteiger partial charge on any atom is 0.125 e. The molecule has 0 spiro atoms. The van der Waals surface area contributed by atoms with Crippen LogP contribution >= 0.6 is 0 Å². The molecule has 2 N–H and O–H groups in total. The molecule has 0 bridgehead atoms. The Balaban J connectivity index is 2.42. The fourth-order valence-electron chi connectivity index (χ4n) is 2.87. The standard InChI is InChI=1S/C15H24N2O/c1-11-7-4-5-10-17(11)13-8-6-9-14(18-3)15(13)12(2)16/h6,8-9,11-12H,4-5,7,10,16H2,1-3H3/t11?,12-/m1/s1. The van der Waals surface area contributed by atoms with E-state index in [9.17, 15) is 0 Å². The van der Waals surface area contributed by atoms with E-state index < -0.39 is 0 Å². The second kappa shape index (κ2) is 5.61. The Morgan fingerprint density at radius 3 is 2.78 bits per heavy atom. The topological polar surface area (TPSA) is 38.5 Å². The van der Waals surface area contributed by atoms with Gasteiger partial charge in [0.05, 0.1) is 7.11 Å². The minimum Gasteiger partial charge on any atom is -0.496 e. The molecule has 2 rings (SSSR count). The molecule has 100 valence electrons. The average molecular weight is 248 g/mol. The number of rotatable bonds is 3. The molecule has 0 radical (unpaired) electrons. The van der Waals surface area contributed by atoms with Crippen LogP contribution in [-0.2, 0) is 0 Å². The summed E-state index contributed by atoms with van der Waals surface area (Å²) in [6, 6.07) is 6.80. The van der Waals surface area contributed by atoms with Crippen LogP contribution in [0, 0.1) is 0 Å². The molecule has 3 nitrogen and oxygen atoms in total. The van der Waals surface area contributed by atoms with Gasteiger partial charge in [-0.1, -0.05) is 6.07 Å². The first-order chi connectivity index (χ1) is 8.65. The summed E-state index contributed by atoms with van der Waals surface area (Å²) in [6.07, 6.45) is 3.85. The lowest BCUT2D eigenvalue weighted by atomic mass is 9.98. The molecule has 0 amide bonds. The zero-order valence-electron chi connectivity index (χ0n) is 11.6. The molecule has 0 aliphatic carbocycles. The fourth-order valence-corrected chi connectivity index (χ4v) is 2.87. The predicted octanol–water partition coefficient (Wildman–Crippen LogP) is 3.09. The van der Waals surface area contributed by atoms with Gasteiger partial charge in [-0.3, -0.25) is 0 Å². The van der Waals surface area contributed by atoms with E-state index in [-0.39, 0.29) is 6.04 Å². The summed E-state index contributed by atoms with van der Waals surface area (Å²) in [5.41, 5.74) is 8.52. The molecule has 1 aromatic rings. The SMILES string of the molecule is COc1cccc(N2CCCCC2C)c1[C@@H](C)N. The third kappa shape index (κ3) is 2.46. The first kappa shape index (κ1) is 13.2. The zero-order valence-corrected chi connectivity index (χ0v) is 11.6. The van der Waals surface area contributed by atoms with E-state index in [0.29, 0.717) is 6.04 Å². The van der Waals surface area contributed by atoms with E-state index in [4.69, 9.17) is 10.5 Å². The number of hydrogen-bond acceptors (Lipinski definition) is 3. The largest absolute Gasteiger partial charge is 0.496 e. The second-order valence-corrected chi connectivity index (χ2v) is 5.22. The summed E-state index contributed by atoms with van der Waals surface area (Å²) >= 11 is 0. The monoisotopic (exact) mass is 248 g/mol. The lowest BCUT2D eigenvalue weighted by molar-refractivity contribution is 0.405. The van der Waals surface area contributed by atoms with Crippen molar-refractivity contribution in [2.75, 3.05) is 18.6 Å². The Morgan fingerprint density at radius 2 is 2.17 bits per heavy atom. The summed E-state index contributed by atoms with van der Waals surface area (Å²) in [7, 11) is 1.71. The highest BCUT2D eigenvalue weighted by molar-refractivity contribution is 5.61. The van der Waals surface area contributed by atoms with Crippen molar-refractivity contribution in [3.63, 3.8) is 0 Å². The molecule has 1 fully saturated rings. The number of benzene rings is 1. The van der Waals surface area contributed by atoms with Crippen LogP contribution in [0.3, 0.4) is 0 Å². The van der Waals surface area contributed by atoms with E-state index in [0.717, 1.165) is 17.9 Å². The molecule has 1 aromatic carbocycles. The quantitative estimate of drug-likeness (QED) is 0.893. The van der Waals surface area contributed by atoms with Crippen molar-refractivity contribution in [1.29, 1.82) is 0 Å². The minimum absolute atomic E-state index is 0.00900. The first-order valence-electron chi connectivity index (χ1n) is 6.84. The van der Waals surface area contributed by atoms with Crippen LogP contribution in [0.1, 0.15) is 44.7 Å². The fraction of sp³-hybridized carbons (Fsp3) is 0.600. The Hall–Kier alpha value is -1.22. The number of piperidine rings is 1. The van der Waals surface area contributed by atoms with Crippen LogP contribution in [0.15, 0.2) is 18.2 Å². The number of nitrogens with zero attached hydrogens (tertiary/aromatic N) is 1. The van der Waals surface area contributed by atoms with Crippen LogP contribution in [0.5, 0.6) is 5.75 Å². The molecular formula is C15H24N2O. The Morgan fingerprint density at radius 1 is 1.39 bits per heavy atom. The average Bonchev–Trinajstić information content (AvgIpc) is 2.38. The van der Waals surface area contributed by atoms with Gasteiger partial charge in [0, 0.05) is 29.9 Å². The number of anilines is 1. The van der Waals surface area contributed by atoms with Crippen molar-refractivity contribution in [2.45, 2.75) is 45.2 Å². The van der Waals surface area contributed by atoms with Crippen molar-refractivity contribution < 1.29 is 4.74 Å². The molecule has 1 aliphatic rings. The summed E-state index contributed by atoms with van der Waals surface area (Å²) in [6.45, 7) is 5.44. The highest BCUT2D eigenvalue weighted by atomic mass is 16.5. The number of methoxy groups -OCH3 is 1. The molecule has 1 heterocycles. The van der Waals surface area contributed by atoms with Crippen molar-refractivity contribution in [3.8, 4) is 5.75 Å². The smallest absolute Gasteiger partial charge is 0.125 e. The van der Waals surface area contributed by atoms with Crippen LogP contribution in [0.4, 0.5) is 5.69 Å². The predicted molar refractivity (Wildman–Crippen MR) is 76.3 cm³/mol. The van der Waals surface area contributed by atoms with Gasteiger partial charge < -0.3 is 15.4 Å². The third-order valence-corrected chi connectivity index (χ3v) is 3.83. The van der Waals surface area contributed by atoms with Crippen molar-refractivity contribution in [3.05, 3.63) is 23.8 Å². The van der Waals surface area contributed by atoms with Crippen molar-refractivity contribution in [1.82, 2.24) is 0 Å². The number of nitrogens with two attached hydrogens (primary N) is 1. The molecular weight excluding hydrogens is 224 g/mol. The molecule has 0 saturated carbocycles. The minimum atomic E-state index is -0.00900. The Bertz CT molecular complexity index is 403. The highest BCUT2D eigenvalue weighted by Crippen LogP contribution is 2.36. The molecule has 3 heteroatoms. The van der Waals surface area contributed by atoms with Gasteiger partial charge in [-0.15, -0.1) is 0 Å². The van der Waals surface area contributed by atoms with Gasteiger partial charge >= 0.3 is 0 Å². The van der Waals surface area contributed by atoms with E-state index in [1.165, 1.54) is 24.9 Å². The van der Waals surface area contributed by atoms with E-state index >= 15 is 0 Å². The highest BCUT2D eigenvalue weighted by Gasteiger charge is 2.23. The van der Waals surface area contributed by atoms with Gasteiger partial charge in [-0.2, -0.15) is 0 Å². The lowest BCUT2D eigenvalue weighted by Crippen LogP contribution is -2.38. The van der Waals surface area contributed by atoms with Gasteiger partial charge in [-0.05, 0) is 45.2 Å². The summed E-state index contributed by atoms with van der Waals surface area (Å²) in [5, 5.41) is 0. The second-order valence-electron chi connectivity index (χ2n) is 5.22. The molecule has 1 saturated heterocycles. The van der Waals surface area contributed by atoms with Gasteiger partial charge in [-0.25, -0.2) is 0 Å². The first-order valence-corrected chi connectivity index (χ1v) is 6.84. The lowest BCUT2D eigenvalue weighted by Gasteiger charge is -2.37. The van der Waals surface area contributed by atoms with Crippen LogP contribution in [-0.4, -0.2) is 19.7 Å². The van der Waals surface area contributed by atoms with Crippen LogP contribution < -0.4 is 15.4 Å². The molecule has 2 atom stereocenters. The van der Waals surface area contributed by atoms with Crippen molar-refractivity contribution in [2.24, 2.45) is 5.73 Å². The van der Waals surface area contributed by atoms with Gasteiger partial charge in [0.25, 0.3) is 0 Å². The third-order valence-electron chi connectivity index (χ3n) is 3.83. The number of hydrogen-bond donors (Lipinski definition) is 1. The van der Waals surface area contributed by atoms with Crippen LogP contribution in [0.25, 0.3) is 0 Å². The Kier molecular flexibility index (Phi) is 4.12. The Labute approximate surface area is 110 Å². The van der Waals surface area contributed by atoms with E-state index in [1.807, 2.05) is 13.0 Å². The maximum atomic E-state index is 6.14. The zero-order chi connectivity index (χ0) is 13.1. The maximum absolute atomic E-state index is 6.14. The van der Waals surface area contributed by atoms with Gasteiger partial charge in [0.15, 0.2) is 0 Å². The van der Waals surface area contributed by atoms with Gasteiger partial charge in [0.2, 0.25) is 0 Å². The molecule has 1 aliphatic heterocycles.